The number of aliphatic hydroxyl groups excluding tert-OH is 1. The number of carboxylic acid groups (broad SMARTS) is 1. The summed E-state index contributed by atoms with van der Waals surface area (Å²) in [5.41, 5.74) is 0. The molecule has 0 aromatic heterocycles. The van der Waals surface area contributed by atoms with E-state index in [-0.39, 0.29) is 81.5 Å². The van der Waals surface area contributed by atoms with Crippen LogP contribution in [0.25, 0.3) is 0 Å². The van der Waals surface area contributed by atoms with Crippen molar-refractivity contribution in [2.45, 2.75) is 12.5 Å². The van der Waals surface area contributed by atoms with Gasteiger partial charge in [0.25, 0.3) is 0 Å². The molecule has 1 radical (unpaired) electrons. The molecule has 67 valence electrons. The van der Waals surface area contributed by atoms with Crippen molar-refractivity contribution < 1.29 is 42.2 Å². The van der Waals surface area contributed by atoms with E-state index < -0.39 is 23.6 Å². The van der Waals surface area contributed by atoms with Crippen LogP contribution < -0.4 is 0 Å². The first kappa shape index (κ1) is 23.8. The third kappa shape index (κ3) is 14.7. The van der Waals surface area contributed by atoms with Crippen LogP contribution in [-0.4, -0.2) is 86.5 Å². The Kier molecular flexibility index (Phi) is 26.1. The fourth-order valence-electron chi connectivity index (χ4n) is 0.253. The minimum absolute atomic E-state index is 0. The molecule has 0 aliphatic heterocycles. The monoisotopic (exact) mass is 395 g/mol. The van der Waals surface area contributed by atoms with Gasteiger partial charge < -0.3 is 10.2 Å². The molecule has 1 unspecified atom stereocenters. The number of aliphatic carboxylic acids is 1. The van der Waals surface area contributed by atoms with Crippen molar-refractivity contribution in [3.8, 4) is 0 Å². The number of carbonyl (C=O) groups excluding carboxylic acids is 1. The fourth-order valence-corrected chi connectivity index (χ4v) is 0.426. The zero-order chi connectivity index (χ0) is 7.44. The first-order valence-corrected chi connectivity index (χ1v) is 2.61. The molecule has 0 aliphatic carbocycles. The van der Waals surface area contributed by atoms with E-state index in [1.54, 1.807) is 0 Å². The van der Waals surface area contributed by atoms with Crippen molar-refractivity contribution in [2.75, 3.05) is 0 Å². The molecule has 0 fully saturated rings. The molecule has 2 N–H and O–H groups in total. The molecule has 1 atom stereocenters. The van der Waals surface area contributed by atoms with Gasteiger partial charge in [-0.15, -0.1) is 12.6 Å². The van der Waals surface area contributed by atoms with Crippen LogP contribution in [0.4, 0.5) is 0 Å². The van der Waals surface area contributed by atoms with Crippen LogP contribution in [0.3, 0.4) is 0 Å². The number of carbonyl (C=O) groups is 2. The third-order valence-electron chi connectivity index (χ3n) is 0.653. The van der Waals surface area contributed by atoms with E-state index in [2.05, 4.69) is 12.6 Å². The summed E-state index contributed by atoms with van der Waals surface area (Å²) in [5, 5.41) is 15.8. The van der Waals surface area contributed by atoms with E-state index in [0.29, 0.717) is 0 Å². The molecule has 0 amide bonds. The molecule has 0 aromatic rings. The van der Waals surface area contributed by atoms with Gasteiger partial charge in [-0.2, -0.15) is 0 Å². The second-order valence-corrected chi connectivity index (χ2v) is 1.95. The van der Waals surface area contributed by atoms with E-state index >= 15 is 0 Å². The van der Waals surface area contributed by atoms with Gasteiger partial charge in [0, 0.05) is 22.4 Å². The molecular weight excluding hydrogens is 387 g/mol. The topological polar surface area (TPSA) is 74.6 Å². The molecule has 0 rings (SSSR count). The summed E-state index contributed by atoms with van der Waals surface area (Å²) in [6.45, 7) is 0. The zero-order valence-corrected chi connectivity index (χ0v) is 7.80. The minimum atomic E-state index is -1.62. The number of hydrogen-bond acceptors (Lipinski definition) is 3. The van der Waals surface area contributed by atoms with E-state index in [9.17, 15) is 9.59 Å². The Hall–Kier alpha value is 2.19. The first-order chi connectivity index (χ1) is 4.04. The van der Waals surface area contributed by atoms with Crippen LogP contribution in [0, 0.1) is 0 Å². The molecule has 0 bridgehead atoms. The van der Waals surface area contributed by atoms with Crippen molar-refractivity contribution in [2.24, 2.45) is 0 Å². The van der Waals surface area contributed by atoms with Gasteiger partial charge in [-0.25, -0.2) is 4.79 Å². The van der Waals surface area contributed by atoms with Gasteiger partial charge in [-0.3, -0.25) is 4.79 Å². The molecule has 4 nitrogen and oxygen atoms in total. The van der Waals surface area contributed by atoms with Crippen molar-refractivity contribution >= 4 is 82.8 Å². The molecule has 0 aliphatic rings. The van der Waals surface area contributed by atoms with E-state index in [0.717, 1.165) is 0 Å². The summed E-state index contributed by atoms with van der Waals surface area (Å²) in [6.07, 6.45) is -2.06. The van der Waals surface area contributed by atoms with Gasteiger partial charge in [0.05, 0.1) is 6.42 Å². The average molecular weight is 395 g/mol. The summed E-state index contributed by atoms with van der Waals surface area (Å²) in [5.74, 6) is -1.41. The Morgan fingerprint density at radius 3 is 1.75 bits per heavy atom. The molecule has 0 saturated carbocycles. The normalized spacial score (nSPS) is 9.50. The van der Waals surface area contributed by atoms with E-state index in [1.807, 2.05) is 0 Å². The van der Waals surface area contributed by atoms with Gasteiger partial charge in [-0.1, -0.05) is 0 Å². The summed E-state index contributed by atoms with van der Waals surface area (Å²) >= 11 is 3.27. The van der Waals surface area contributed by atoms with Crippen molar-refractivity contribution in [3.05, 3.63) is 0 Å². The SMILES string of the molecule is O=C(S)CC(O)C(=O)O.[Au].[NaH].[NaH]. The number of thiol groups is 1. The second-order valence-electron chi connectivity index (χ2n) is 1.45. The molecule has 0 heterocycles. The molecule has 0 spiro atoms. The van der Waals surface area contributed by atoms with Crippen LogP contribution in [0.2, 0.25) is 0 Å². The fraction of sp³-hybridized carbons (Fsp3) is 0.500. The van der Waals surface area contributed by atoms with Gasteiger partial charge in [0.1, 0.15) is 0 Å². The van der Waals surface area contributed by atoms with Gasteiger partial charge in [0.15, 0.2) is 11.2 Å². The Morgan fingerprint density at radius 2 is 1.67 bits per heavy atom. The van der Waals surface area contributed by atoms with E-state index in [4.69, 9.17) is 10.2 Å². The van der Waals surface area contributed by atoms with E-state index in [1.165, 1.54) is 0 Å². The predicted octanol–water partition coefficient (Wildman–Crippen LogP) is -2.02. The van der Waals surface area contributed by atoms with Crippen LogP contribution in [-0.2, 0) is 32.0 Å². The quantitative estimate of drug-likeness (QED) is 0.381. The molecule has 0 aromatic carbocycles. The maximum atomic E-state index is 10.00. The van der Waals surface area contributed by atoms with Crippen LogP contribution >= 0.6 is 12.6 Å². The molecular formula is C4H8AuNa2O4S. The average Bonchev–Trinajstić information content (AvgIpc) is 1.63. The van der Waals surface area contributed by atoms with Gasteiger partial charge in [0.2, 0.25) is 0 Å². The maximum absolute atomic E-state index is 10.00. The zero-order valence-electron chi connectivity index (χ0n) is 4.74. The number of hydrogen-bond donors (Lipinski definition) is 3. The standard InChI is InChI=1S/C4H6O4S.Au.2Na.2H/c5-2(4(7)8)1-3(6)9;;;;;/h2,5H,1H2,(H,6,9)(H,7,8);;;;;. The third-order valence-corrected chi connectivity index (χ3v) is 0.836. The van der Waals surface area contributed by atoms with Crippen LogP contribution in [0.1, 0.15) is 6.42 Å². The number of aliphatic hydroxyl groups is 1. The van der Waals surface area contributed by atoms with Crippen molar-refractivity contribution in [3.63, 3.8) is 0 Å². The molecule has 0 saturated heterocycles. The Labute approximate surface area is 135 Å². The van der Waals surface area contributed by atoms with Crippen molar-refractivity contribution in [1.82, 2.24) is 0 Å². The summed E-state index contributed by atoms with van der Waals surface area (Å²) < 4.78 is 0. The summed E-state index contributed by atoms with van der Waals surface area (Å²) in [4.78, 5) is 19.8. The number of rotatable bonds is 3. The molecule has 8 heteroatoms. The number of carboxylic acids is 1. The Bertz CT molecular complexity index is 145. The molecule has 12 heavy (non-hydrogen) atoms. The van der Waals surface area contributed by atoms with Crippen molar-refractivity contribution in [1.29, 1.82) is 0 Å². The van der Waals surface area contributed by atoms with Crippen LogP contribution in [0.15, 0.2) is 0 Å². The Balaban J connectivity index is -0.000000107. The van der Waals surface area contributed by atoms with Crippen LogP contribution in [0.5, 0.6) is 0 Å². The predicted molar refractivity (Wildman–Crippen MR) is 46.6 cm³/mol. The second kappa shape index (κ2) is 13.2. The van der Waals surface area contributed by atoms with Gasteiger partial charge in [-0.05, 0) is 0 Å². The van der Waals surface area contributed by atoms with Gasteiger partial charge >= 0.3 is 65.1 Å². The summed E-state index contributed by atoms with van der Waals surface area (Å²) in [6, 6.07) is 0. The summed E-state index contributed by atoms with van der Waals surface area (Å²) in [7, 11) is 0. The first-order valence-electron chi connectivity index (χ1n) is 2.16. The Morgan fingerprint density at radius 1 is 1.33 bits per heavy atom.